The predicted molar refractivity (Wildman–Crippen MR) is 107 cm³/mol. The molecule has 0 heteroatoms. The summed E-state index contributed by atoms with van der Waals surface area (Å²) in [7, 11) is 0. The molecule has 0 aliphatic heterocycles. The highest BCUT2D eigenvalue weighted by Gasteiger charge is 2.48. The van der Waals surface area contributed by atoms with Crippen molar-refractivity contribution in [2.45, 2.75) is 78.1 Å². The molecule has 0 N–H and O–H groups in total. The Bertz CT molecular complexity index is 563. The Balaban J connectivity index is 2.71. The van der Waals surface area contributed by atoms with Crippen molar-refractivity contribution in [2.24, 2.45) is 0 Å². The Kier molecular flexibility index (Phi) is 5.91. The number of hydrogen-bond acceptors (Lipinski definition) is 0. The fraction of sp³-hybridized carbons (Fsp3) is 0.500. The molecule has 0 aliphatic rings. The van der Waals surface area contributed by atoms with Gasteiger partial charge in [0.15, 0.2) is 0 Å². The molecule has 2 aromatic rings. The first-order valence-electron chi connectivity index (χ1n) is 9.64. The highest BCUT2D eigenvalue weighted by molar-refractivity contribution is 5.40. The first kappa shape index (κ1) is 18.8. The number of rotatable bonds is 7. The van der Waals surface area contributed by atoms with Crippen molar-refractivity contribution in [2.75, 3.05) is 0 Å². The Hall–Kier alpha value is -1.56. The second-order valence-corrected chi connectivity index (χ2v) is 7.31. The van der Waals surface area contributed by atoms with E-state index in [4.69, 9.17) is 0 Å². The molecule has 24 heavy (non-hydrogen) atoms. The van der Waals surface area contributed by atoms with Crippen LogP contribution in [-0.4, -0.2) is 0 Å². The molecule has 130 valence electrons. The van der Waals surface area contributed by atoms with Crippen molar-refractivity contribution in [3.63, 3.8) is 0 Å². The van der Waals surface area contributed by atoms with Crippen molar-refractivity contribution in [1.29, 1.82) is 0 Å². The minimum Gasteiger partial charge on any atom is -0.0645 e. The molecule has 0 spiro atoms. The van der Waals surface area contributed by atoms with Crippen molar-refractivity contribution < 1.29 is 0 Å². The zero-order chi connectivity index (χ0) is 17.8. The van der Waals surface area contributed by atoms with E-state index in [1.165, 1.54) is 47.9 Å². The molecular formula is C24H34. The summed E-state index contributed by atoms with van der Waals surface area (Å²) in [5, 5.41) is 0. The van der Waals surface area contributed by atoms with Crippen LogP contribution in [0.15, 0.2) is 48.5 Å². The van der Waals surface area contributed by atoms with Crippen LogP contribution in [0, 0.1) is 13.8 Å². The van der Waals surface area contributed by atoms with E-state index < -0.39 is 0 Å². The van der Waals surface area contributed by atoms with Crippen molar-refractivity contribution >= 4 is 0 Å². The van der Waals surface area contributed by atoms with Gasteiger partial charge in [0.05, 0.1) is 0 Å². The molecule has 0 fully saturated rings. The van der Waals surface area contributed by atoms with E-state index in [1.54, 1.807) is 0 Å². The maximum absolute atomic E-state index is 2.37. The van der Waals surface area contributed by atoms with Crippen LogP contribution in [0.5, 0.6) is 0 Å². The van der Waals surface area contributed by atoms with Gasteiger partial charge in [-0.15, -0.1) is 0 Å². The van der Waals surface area contributed by atoms with Crippen molar-refractivity contribution in [3.8, 4) is 0 Å². The lowest BCUT2D eigenvalue weighted by Gasteiger charge is -2.51. The fourth-order valence-electron chi connectivity index (χ4n) is 4.97. The minimum atomic E-state index is 0.180. The number of benzene rings is 2. The highest BCUT2D eigenvalue weighted by atomic mass is 14.5. The van der Waals surface area contributed by atoms with Crippen LogP contribution in [0.2, 0.25) is 0 Å². The molecule has 0 bridgehead atoms. The largest absolute Gasteiger partial charge is 0.0645 e. The zero-order valence-corrected chi connectivity index (χ0v) is 16.4. The monoisotopic (exact) mass is 322 g/mol. The van der Waals surface area contributed by atoms with Gasteiger partial charge in [0, 0.05) is 10.8 Å². The van der Waals surface area contributed by atoms with E-state index in [1.807, 2.05) is 0 Å². The SMILES string of the molecule is CCC(CC)(c1ccc(C)cc1)C(CC)(CC)c1ccc(C)cc1. The van der Waals surface area contributed by atoms with Crippen LogP contribution in [-0.2, 0) is 10.8 Å². The molecular weight excluding hydrogens is 288 g/mol. The predicted octanol–water partition coefficient (Wildman–Crippen LogP) is 7.12. The van der Waals surface area contributed by atoms with Gasteiger partial charge in [0.2, 0.25) is 0 Å². The van der Waals surface area contributed by atoms with Crippen molar-refractivity contribution in [3.05, 3.63) is 70.8 Å². The molecule has 2 rings (SSSR count). The molecule has 0 atom stereocenters. The van der Waals surface area contributed by atoms with Crippen LogP contribution in [0.1, 0.15) is 75.6 Å². The smallest absolute Gasteiger partial charge is 0.00443 e. The van der Waals surface area contributed by atoms with Gasteiger partial charge >= 0.3 is 0 Å². The maximum atomic E-state index is 2.37. The van der Waals surface area contributed by atoms with Gasteiger partial charge in [0.1, 0.15) is 0 Å². The number of hydrogen-bond donors (Lipinski definition) is 0. The van der Waals surface area contributed by atoms with E-state index in [9.17, 15) is 0 Å². The first-order valence-corrected chi connectivity index (χ1v) is 9.64. The van der Waals surface area contributed by atoms with Gasteiger partial charge in [-0.25, -0.2) is 0 Å². The quantitative estimate of drug-likeness (QED) is 0.509. The summed E-state index contributed by atoms with van der Waals surface area (Å²) in [6, 6.07) is 18.6. The summed E-state index contributed by atoms with van der Waals surface area (Å²) in [4.78, 5) is 0. The fourth-order valence-corrected chi connectivity index (χ4v) is 4.97. The molecule has 0 saturated carbocycles. The third-order valence-corrected chi connectivity index (χ3v) is 6.54. The minimum absolute atomic E-state index is 0.180. The van der Waals surface area contributed by atoms with Crippen LogP contribution in [0.25, 0.3) is 0 Å². The summed E-state index contributed by atoms with van der Waals surface area (Å²) >= 11 is 0. The lowest BCUT2D eigenvalue weighted by molar-refractivity contribution is 0.177. The Morgan fingerprint density at radius 1 is 0.500 bits per heavy atom. The second-order valence-electron chi connectivity index (χ2n) is 7.31. The molecule has 0 radical (unpaired) electrons. The molecule has 0 unspecified atom stereocenters. The first-order chi connectivity index (χ1) is 11.5. The molecule has 0 aliphatic carbocycles. The highest BCUT2D eigenvalue weighted by Crippen LogP contribution is 2.53. The maximum Gasteiger partial charge on any atom is 0.00443 e. The lowest BCUT2D eigenvalue weighted by atomic mass is 9.52. The normalized spacial score (nSPS) is 12.4. The van der Waals surface area contributed by atoms with Crippen LogP contribution in [0.4, 0.5) is 0 Å². The molecule has 0 amide bonds. The lowest BCUT2D eigenvalue weighted by Crippen LogP contribution is -2.48. The summed E-state index contributed by atoms with van der Waals surface area (Å²) in [5.41, 5.74) is 6.05. The van der Waals surface area contributed by atoms with Crippen LogP contribution >= 0.6 is 0 Å². The molecule has 2 aromatic carbocycles. The van der Waals surface area contributed by atoms with Crippen molar-refractivity contribution in [1.82, 2.24) is 0 Å². The van der Waals surface area contributed by atoms with Gasteiger partial charge in [-0.2, -0.15) is 0 Å². The molecule has 0 aromatic heterocycles. The summed E-state index contributed by atoms with van der Waals surface area (Å²) in [5.74, 6) is 0. The zero-order valence-electron chi connectivity index (χ0n) is 16.4. The Morgan fingerprint density at radius 3 is 0.958 bits per heavy atom. The molecule has 0 heterocycles. The topological polar surface area (TPSA) is 0 Å². The van der Waals surface area contributed by atoms with Gasteiger partial charge in [-0.3, -0.25) is 0 Å². The average molecular weight is 323 g/mol. The number of aryl methyl sites for hydroxylation is 2. The summed E-state index contributed by atoms with van der Waals surface area (Å²) in [6.07, 6.45) is 4.68. The molecule has 0 saturated heterocycles. The standard InChI is InChI=1S/C24H34/c1-7-23(8-2,21-15-11-19(5)12-16-21)24(9-3,10-4)22-17-13-20(6)14-18-22/h11-18H,7-10H2,1-6H3. The third kappa shape index (κ3) is 2.92. The van der Waals surface area contributed by atoms with E-state index in [0.717, 1.165) is 0 Å². The summed E-state index contributed by atoms with van der Waals surface area (Å²) in [6.45, 7) is 13.8. The van der Waals surface area contributed by atoms with Gasteiger partial charge in [0.25, 0.3) is 0 Å². The van der Waals surface area contributed by atoms with Gasteiger partial charge in [-0.05, 0) is 50.7 Å². The average Bonchev–Trinajstić information content (AvgIpc) is 2.62. The van der Waals surface area contributed by atoms with E-state index in [-0.39, 0.29) is 10.8 Å². The second kappa shape index (κ2) is 7.55. The Morgan fingerprint density at radius 2 is 0.750 bits per heavy atom. The van der Waals surface area contributed by atoms with E-state index in [2.05, 4.69) is 90.1 Å². The van der Waals surface area contributed by atoms with E-state index >= 15 is 0 Å². The van der Waals surface area contributed by atoms with Crippen LogP contribution in [0.3, 0.4) is 0 Å². The Labute approximate surface area is 149 Å². The summed E-state index contributed by atoms with van der Waals surface area (Å²) < 4.78 is 0. The van der Waals surface area contributed by atoms with Gasteiger partial charge < -0.3 is 0 Å². The third-order valence-electron chi connectivity index (χ3n) is 6.54. The van der Waals surface area contributed by atoms with Crippen LogP contribution < -0.4 is 0 Å². The van der Waals surface area contributed by atoms with E-state index in [0.29, 0.717) is 0 Å². The van der Waals surface area contributed by atoms with Gasteiger partial charge in [-0.1, -0.05) is 87.4 Å². The molecule has 0 nitrogen and oxygen atoms in total.